The summed E-state index contributed by atoms with van der Waals surface area (Å²) >= 11 is 0. The van der Waals surface area contributed by atoms with E-state index in [0.717, 1.165) is 10.2 Å². The largest absolute Gasteiger partial charge is 0.444 e. The second kappa shape index (κ2) is 8.04. The minimum absolute atomic E-state index is 0.0558. The number of carbonyl (C=O) groups is 2. The Morgan fingerprint density at radius 2 is 1.96 bits per heavy atom. The molecule has 0 saturated heterocycles. The van der Waals surface area contributed by atoms with Crippen molar-refractivity contribution in [2.75, 3.05) is 0 Å². The zero-order chi connectivity index (χ0) is 18.3. The van der Waals surface area contributed by atoms with Crippen LogP contribution in [0.5, 0.6) is 0 Å². The van der Waals surface area contributed by atoms with Crippen molar-refractivity contribution in [3.05, 3.63) is 48.5 Å². The Morgan fingerprint density at radius 3 is 2.56 bits per heavy atom. The lowest BCUT2D eigenvalue weighted by molar-refractivity contribution is 0.0561. The van der Waals surface area contributed by atoms with Gasteiger partial charge in [0.25, 0.3) is 0 Å². The molecule has 0 bridgehead atoms. The van der Waals surface area contributed by atoms with Gasteiger partial charge < -0.3 is 9.47 Å². The van der Waals surface area contributed by atoms with Crippen molar-refractivity contribution in [2.45, 2.75) is 33.0 Å². The third-order valence-electron chi connectivity index (χ3n) is 2.65. The second-order valence-corrected chi connectivity index (χ2v) is 5.94. The van der Waals surface area contributed by atoms with Crippen LogP contribution >= 0.6 is 0 Å². The molecule has 1 N–H and O–H groups in total. The summed E-state index contributed by atoms with van der Waals surface area (Å²) in [5, 5.41) is 6.19. The van der Waals surface area contributed by atoms with E-state index in [1.54, 1.807) is 20.8 Å². The van der Waals surface area contributed by atoms with Crippen molar-refractivity contribution in [3.63, 3.8) is 0 Å². The number of benzene rings is 1. The Hall–Kier alpha value is -3.23. The molecule has 132 valence electrons. The number of nitrogens with zero attached hydrogens (tertiary/aromatic N) is 4. The first-order valence-corrected chi connectivity index (χ1v) is 7.48. The first-order valence-electron chi connectivity index (χ1n) is 7.48. The molecule has 0 fully saturated rings. The van der Waals surface area contributed by atoms with Gasteiger partial charge >= 0.3 is 12.2 Å². The molecule has 1 aromatic carbocycles. The normalized spacial score (nSPS) is 11.7. The van der Waals surface area contributed by atoms with Gasteiger partial charge in [0, 0.05) is 0 Å². The van der Waals surface area contributed by atoms with Crippen molar-refractivity contribution in [1.29, 1.82) is 0 Å². The summed E-state index contributed by atoms with van der Waals surface area (Å²) in [6, 6.07) is 9.15. The van der Waals surface area contributed by atoms with Gasteiger partial charge in [0.15, 0.2) is 0 Å². The van der Waals surface area contributed by atoms with Crippen LogP contribution in [0.4, 0.5) is 9.59 Å². The molecule has 0 radical (unpaired) electrons. The average molecular weight is 345 g/mol. The summed E-state index contributed by atoms with van der Waals surface area (Å²) in [6.45, 7) is 5.20. The van der Waals surface area contributed by atoms with Crippen LogP contribution < -0.4 is 5.32 Å². The summed E-state index contributed by atoms with van der Waals surface area (Å²) < 4.78 is 11.3. The van der Waals surface area contributed by atoms with Gasteiger partial charge in [-0.3, -0.25) is 5.32 Å². The molecule has 2 aromatic rings. The van der Waals surface area contributed by atoms with E-state index in [1.807, 2.05) is 30.3 Å². The van der Waals surface area contributed by atoms with Gasteiger partial charge in [-0.15, -0.1) is 4.99 Å². The second-order valence-electron chi connectivity index (χ2n) is 5.94. The topological polar surface area (TPSA) is 108 Å². The monoisotopic (exact) mass is 345 g/mol. The summed E-state index contributed by atoms with van der Waals surface area (Å²) in [5.74, 6) is -0.176. The number of hydrogen-bond donors (Lipinski definition) is 1. The molecule has 0 saturated carbocycles. The number of carbonyl (C=O) groups excluding carboxylic acids is 2. The molecular weight excluding hydrogens is 326 g/mol. The maximum absolute atomic E-state index is 11.9. The van der Waals surface area contributed by atoms with Gasteiger partial charge in [0.2, 0.25) is 5.96 Å². The van der Waals surface area contributed by atoms with E-state index in [2.05, 4.69) is 20.4 Å². The highest BCUT2D eigenvalue weighted by Crippen LogP contribution is 2.06. The maximum Gasteiger partial charge on any atom is 0.437 e. The first-order chi connectivity index (χ1) is 11.8. The van der Waals surface area contributed by atoms with Crippen LogP contribution in [0.15, 0.2) is 48.0 Å². The number of hydrogen-bond acceptors (Lipinski definition) is 6. The third-order valence-corrected chi connectivity index (χ3v) is 2.65. The van der Waals surface area contributed by atoms with Crippen molar-refractivity contribution in [1.82, 2.24) is 20.1 Å². The van der Waals surface area contributed by atoms with E-state index in [4.69, 9.17) is 9.47 Å². The number of nitrogens with one attached hydrogen (secondary N) is 1. The van der Waals surface area contributed by atoms with Crippen molar-refractivity contribution in [3.8, 4) is 0 Å². The zero-order valence-corrected chi connectivity index (χ0v) is 14.2. The van der Waals surface area contributed by atoms with Crippen molar-refractivity contribution >= 4 is 18.1 Å². The summed E-state index contributed by atoms with van der Waals surface area (Å²) in [5.41, 5.74) is 0.110. The number of aliphatic imine (C=N–C) groups is 1. The molecule has 1 aromatic heterocycles. The highest BCUT2D eigenvalue weighted by molar-refractivity contribution is 5.99. The van der Waals surface area contributed by atoms with Gasteiger partial charge in [-0.05, 0) is 26.3 Å². The van der Waals surface area contributed by atoms with E-state index in [9.17, 15) is 9.59 Å². The minimum Gasteiger partial charge on any atom is -0.444 e. The molecule has 2 amide bonds. The van der Waals surface area contributed by atoms with Gasteiger partial charge in [0.1, 0.15) is 24.9 Å². The van der Waals surface area contributed by atoms with Gasteiger partial charge in [-0.2, -0.15) is 9.78 Å². The summed E-state index contributed by atoms with van der Waals surface area (Å²) in [7, 11) is 0. The quantitative estimate of drug-likeness (QED) is 0.661. The lowest BCUT2D eigenvalue weighted by atomic mass is 10.2. The summed E-state index contributed by atoms with van der Waals surface area (Å²) in [6.07, 6.45) is 0.852. The molecule has 1 heterocycles. The molecule has 0 aliphatic heterocycles. The fourth-order valence-corrected chi connectivity index (χ4v) is 1.69. The number of alkyl carbamates (subject to hydrolysis) is 1. The Labute approximate surface area is 144 Å². The summed E-state index contributed by atoms with van der Waals surface area (Å²) in [4.78, 5) is 31.3. The molecule has 9 heteroatoms. The van der Waals surface area contributed by atoms with Gasteiger partial charge in [-0.25, -0.2) is 14.6 Å². The zero-order valence-electron chi connectivity index (χ0n) is 14.2. The minimum atomic E-state index is -0.884. The molecule has 25 heavy (non-hydrogen) atoms. The van der Waals surface area contributed by atoms with Crippen LogP contribution in [0.25, 0.3) is 0 Å². The lowest BCUT2D eigenvalue weighted by Crippen LogP contribution is -2.40. The SMILES string of the molecule is CC(C)(C)OC(=O)N/C(=N/C(=O)OCc1ccccc1)n1cncn1. The standard InChI is InChI=1S/C16H19N5O4/c1-16(2,3)25-15(23)20-13(21-11-17-10-18-21)19-14(22)24-9-12-7-5-4-6-8-12/h4-8,10-11H,9H2,1-3H3,(H,19,20,22,23). The van der Waals surface area contributed by atoms with Crippen molar-refractivity contribution < 1.29 is 19.1 Å². The Balaban J connectivity index is 2.05. The molecule has 2 rings (SSSR count). The highest BCUT2D eigenvalue weighted by Gasteiger charge is 2.19. The third kappa shape index (κ3) is 6.42. The van der Waals surface area contributed by atoms with E-state index in [-0.39, 0.29) is 12.6 Å². The van der Waals surface area contributed by atoms with Gasteiger partial charge in [0.05, 0.1) is 0 Å². The first kappa shape index (κ1) is 18.1. The molecule has 0 spiro atoms. The number of amides is 2. The van der Waals surface area contributed by atoms with Crippen LogP contribution in [-0.2, 0) is 16.1 Å². The van der Waals surface area contributed by atoms with Crippen LogP contribution in [0, 0.1) is 0 Å². The Bertz CT molecular complexity index is 736. The molecular formula is C16H19N5O4. The van der Waals surface area contributed by atoms with Gasteiger partial charge in [-0.1, -0.05) is 30.3 Å². The van der Waals surface area contributed by atoms with Crippen LogP contribution in [-0.4, -0.2) is 38.5 Å². The molecule has 9 nitrogen and oxygen atoms in total. The average Bonchev–Trinajstić information content (AvgIpc) is 3.06. The molecule has 0 atom stereocenters. The maximum atomic E-state index is 11.9. The smallest absolute Gasteiger partial charge is 0.437 e. The Kier molecular flexibility index (Phi) is 5.83. The van der Waals surface area contributed by atoms with Crippen LogP contribution in [0.3, 0.4) is 0 Å². The number of aromatic nitrogens is 3. The highest BCUT2D eigenvalue weighted by atomic mass is 16.6. The van der Waals surface area contributed by atoms with E-state index >= 15 is 0 Å². The van der Waals surface area contributed by atoms with Crippen LogP contribution in [0.1, 0.15) is 26.3 Å². The molecule has 0 aliphatic carbocycles. The number of ether oxygens (including phenoxy) is 2. The fraction of sp³-hybridized carbons (Fsp3) is 0.312. The predicted molar refractivity (Wildman–Crippen MR) is 88.9 cm³/mol. The van der Waals surface area contributed by atoms with Crippen LogP contribution in [0.2, 0.25) is 0 Å². The fourth-order valence-electron chi connectivity index (χ4n) is 1.69. The lowest BCUT2D eigenvalue weighted by Gasteiger charge is -2.19. The van der Waals surface area contributed by atoms with Crippen molar-refractivity contribution in [2.24, 2.45) is 4.99 Å². The van der Waals surface area contributed by atoms with E-state index in [0.29, 0.717) is 0 Å². The Morgan fingerprint density at radius 1 is 1.24 bits per heavy atom. The molecule has 0 unspecified atom stereocenters. The van der Waals surface area contributed by atoms with E-state index in [1.165, 1.54) is 12.7 Å². The predicted octanol–water partition coefficient (Wildman–Crippen LogP) is 2.34. The van der Waals surface area contributed by atoms with E-state index < -0.39 is 17.8 Å². The number of rotatable bonds is 2. The molecule has 0 aliphatic rings.